The van der Waals surface area contributed by atoms with Crippen molar-refractivity contribution in [2.24, 2.45) is 0 Å². The molecule has 0 spiro atoms. The third-order valence-electron chi connectivity index (χ3n) is 6.27. The van der Waals surface area contributed by atoms with Crippen molar-refractivity contribution in [2.75, 3.05) is 43.9 Å². The van der Waals surface area contributed by atoms with Crippen LogP contribution in [0.3, 0.4) is 0 Å². The molecule has 4 aromatic rings. The fourth-order valence-corrected chi connectivity index (χ4v) is 4.94. The van der Waals surface area contributed by atoms with Gasteiger partial charge in [0.05, 0.1) is 16.7 Å². The summed E-state index contributed by atoms with van der Waals surface area (Å²) in [6.07, 6.45) is 4.38. The van der Waals surface area contributed by atoms with E-state index in [1.165, 1.54) is 12.1 Å². The minimum absolute atomic E-state index is 0.0999. The Hall–Kier alpha value is -3.07. The molecule has 1 unspecified atom stereocenters. The molecule has 35 heavy (non-hydrogen) atoms. The number of likely N-dealkylation sites (N-methyl/N-ethyl adjacent to an activating group) is 1. The number of ether oxygens (including phenoxy) is 1. The van der Waals surface area contributed by atoms with Gasteiger partial charge in [-0.15, -0.1) is 0 Å². The summed E-state index contributed by atoms with van der Waals surface area (Å²) >= 11 is 12.4. The van der Waals surface area contributed by atoms with Crippen LogP contribution < -0.4 is 15.4 Å². The number of piperazine rings is 1. The lowest BCUT2D eigenvalue weighted by Gasteiger charge is -2.33. The largest absolute Gasteiger partial charge is 0.478 e. The van der Waals surface area contributed by atoms with E-state index in [-0.39, 0.29) is 21.6 Å². The summed E-state index contributed by atoms with van der Waals surface area (Å²) < 4.78 is 26.1. The summed E-state index contributed by atoms with van der Waals surface area (Å²) in [7, 11) is 2.12. The first kappa shape index (κ1) is 23.7. The van der Waals surface area contributed by atoms with Crippen LogP contribution in [0.5, 0.6) is 5.75 Å². The lowest BCUT2D eigenvalue weighted by molar-refractivity contribution is 0.227. The second-order valence-electron chi connectivity index (χ2n) is 8.57. The van der Waals surface area contributed by atoms with E-state index in [0.717, 1.165) is 48.5 Å². The second kappa shape index (κ2) is 9.53. The zero-order valence-electron chi connectivity index (χ0n) is 19.3. The minimum Gasteiger partial charge on any atom is -0.478 e. The molecule has 182 valence electrons. The van der Waals surface area contributed by atoms with Crippen LogP contribution in [-0.2, 0) is 0 Å². The molecule has 1 saturated heterocycles. The molecule has 0 amide bonds. The molecule has 1 aliphatic rings. The van der Waals surface area contributed by atoms with Crippen LogP contribution in [0.15, 0.2) is 47.3 Å². The first-order chi connectivity index (χ1) is 16.8. The normalized spacial score (nSPS) is 15.5. The quantitative estimate of drug-likeness (QED) is 0.336. The van der Waals surface area contributed by atoms with Crippen LogP contribution >= 0.6 is 23.2 Å². The number of hydrogen-bond donors (Lipinski definition) is 1. The summed E-state index contributed by atoms with van der Waals surface area (Å²) in [6, 6.07) is 6.62. The van der Waals surface area contributed by atoms with Gasteiger partial charge in [0.2, 0.25) is 5.75 Å². The van der Waals surface area contributed by atoms with Gasteiger partial charge in [0.15, 0.2) is 11.4 Å². The number of aromatic nitrogens is 2. The Labute approximate surface area is 212 Å². The van der Waals surface area contributed by atoms with Crippen LogP contribution in [0.25, 0.3) is 22.1 Å². The molecule has 1 aliphatic heterocycles. The van der Waals surface area contributed by atoms with E-state index in [4.69, 9.17) is 38.1 Å². The number of halogens is 3. The van der Waals surface area contributed by atoms with E-state index in [2.05, 4.69) is 26.8 Å². The molecule has 0 bridgehead atoms. The van der Waals surface area contributed by atoms with E-state index >= 15 is 0 Å². The fourth-order valence-electron chi connectivity index (χ4n) is 4.26. The molecular formula is C25H24Cl2FN5O2. The Morgan fingerprint density at radius 1 is 1.14 bits per heavy atom. The van der Waals surface area contributed by atoms with Gasteiger partial charge in [0, 0.05) is 54.7 Å². The first-order valence-electron chi connectivity index (χ1n) is 11.2. The molecule has 0 saturated carbocycles. The van der Waals surface area contributed by atoms with E-state index in [1.54, 1.807) is 25.6 Å². The number of fused-ring (bicyclic) bond motifs is 1. The number of rotatable bonds is 5. The third kappa shape index (κ3) is 4.49. The van der Waals surface area contributed by atoms with Gasteiger partial charge in [-0.1, -0.05) is 23.2 Å². The van der Waals surface area contributed by atoms with Gasteiger partial charge >= 0.3 is 0 Å². The Bertz CT molecular complexity index is 1390. The smallest absolute Gasteiger partial charge is 0.205 e. The lowest BCUT2D eigenvalue weighted by Crippen LogP contribution is -2.44. The van der Waals surface area contributed by atoms with E-state index in [9.17, 15) is 4.39 Å². The second-order valence-corrected chi connectivity index (χ2v) is 9.36. The zero-order valence-corrected chi connectivity index (χ0v) is 20.8. The van der Waals surface area contributed by atoms with Gasteiger partial charge < -0.3 is 24.7 Å². The highest BCUT2D eigenvalue weighted by atomic mass is 35.5. The molecule has 0 radical (unpaired) electrons. The molecule has 10 heteroatoms. The van der Waals surface area contributed by atoms with Crippen molar-refractivity contribution < 1.29 is 13.5 Å². The predicted molar refractivity (Wildman–Crippen MR) is 137 cm³/mol. The molecule has 7 nitrogen and oxygen atoms in total. The molecule has 4 heterocycles. The summed E-state index contributed by atoms with van der Waals surface area (Å²) in [5, 5.41) is 0.918. The molecule has 1 aromatic carbocycles. The van der Waals surface area contributed by atoms with Crippen molar-refractivity contribution in [3.63, 3.8) is 0 Å². The number of pyridine rings is 2. The van der Waals surface area contributed by atoms with Crippen molar-refractivity contribution in [2.45, 2.75) is 13.0 Å². The third-order valence-corrected chi connectivity index (χ3v) is 6.98. The van der Waals surface area contributed by atoms with Gasteiger partial charge in [-0.05, 0) is 43.8 Å². The number of anilines is 2. The average molecular weight is 516 g/mol. The van der Waals surface area contributed by atoms with Gasteiger partial charge in [-0.25, -0.2) is 14.4 Å². The maximum absolute atomic E-state index is 14.1. The van der Waals surface area contributed by atoms with Crippen LogP contribution in [0.1, 0.15) is 18.6 Å². The number of furan rings is 1. The highest BCUT2D eigenvalue weighted by molar-refractivity contribution is 6.36. The SMILES string of the molecule is CC(Oc1c(N)ncc2c(-c3ccnc(N4CCN(C)CC4)c3)coc12)c1c(Cl)ccc(F)c1Cl. The van der Waals surface area contributed by atoms with Gasteiger partial charge in [-0.2, -0.15) is 0 Å². The minimum atomic E-state index is -0.710. The number of nitrogens with zero attached hydrogens (tertiary/aromatic N) is 4. The van der Waals surface area contributed by atoms with Crippen LogP contribution in [0.2, 0.25) is 10.0 Å². The van der Waals surface area contributed by atoms with Crippen molar-refractivity contribution in [3.8, 4) is 16.9 Å². The molecule has 3 aromatic heterocycles. The Balaban J connectivity index is 1.49. The average Bonchev–Trinajstić information content (AvgIpc) is 3.28. The monoisotopic (exact) mass is 515 g/mol. The Kier molecular flexibility index (Phi) is 6.44. The van der Waals surface area contributed by atoms with Gasteiger partial charge in [0.25, 0.3) is 0 Å². The number of nitrogen functional groups attached to an aromatic ring is 1. The van der Waals surface area contributed by atoms with Crippen molar-refractivity contribution in [3.05, 3.63) is 64.3 Å². The van der Waals surface area contributed by atoms with Crippen LogP contribution in [-0.4, -0.2) is 48.1 Å². The summed E-state index contributed by atoms with van der Waals surface area (Å²) in [5.74, 6) is 0.710. The molecule has 1 atom stereocenters. The number of benzene rings is 1. The van der Waals surface area contributed by atoms with Crippen molar-refractivity contribution in [1.82, 2.24) is 14.9 Å². The predicted octanol–water partition coefficient (Wildman–Crippen LogP) is 5.81. The number of nitrogens with two attached hydrogens (primary N) is 1. The van der Waals surface area contributed by atoms with E-state index < -0.39 is 11.9 Å². The highest BCUT2D eigenvalue weighted by Crippen LogP contribution is 2.41. The lowest BCUT2D eigenvalue weighted by atomic mass is 10.1. The molecule has 5 rings (SSSR count). The summed E-state index contributed by atoms with van der Waals surface area (Å²) in [5.41, 5.74) is 8.67. The topological polar surface area (TPSA) is 80.6 Å². The highest BCUT2D eigenvalue weighted by Gasteiger charge is 2.24. The van der Waals surface area contributed by atoms with Crippen LogP contribution in [0, 0.1) is 5.82 Å². The van der Waals surface area contributed by atoms with Gasteiger partial charge in [0.1, 0.15) is 17.7 Å². The van der Waals surface area contributed by atoms with Gasteiger partial charge in [-0.3, -0.25) is 0 Å². The maximum atomic E-state index is 14.1. The van der Waals surface area contributed by atoms with Crippen molar-refractivity contribution >= 4 is 45.8 Å². The zero-order chi connectivity index (χ0) is 24.7. The van der Waals surface area contributed by atoms with E-state index in [0.29, 0.717) is 11.1 Å². The van der Waals surface area contributed by atoms with E-state index in [1.807, 2.05) is 12.1 Å². The molecule has 2 N–H and O–H groups in total. The Morgan fingerprint density at radius 2 is 1.91 bits per heavy atom. The van der Waals surface area contributed by atoms with Crippen LogP contribution in [0.4, 0.5) is 16.0 Å². The molecule has 1 fully saturated rings. The summed E-state index contributed by atoms with van der Waals surface area (Å²) in [6.45, 7) is 5.51. The maximum Gasteiger partial charge on any atom is 0.205 e. The van der Waals surface area contributed by atoms with Crippen molar-refractivity contribution in [1.29, 1.82) is 0 Å². The molecule has 0 aliphatic carbocycles. The Morgan fingerprint density at radius 3 is 2.69 bits per heavy atom. The molecular weight excluding hydrogens is 492 g/mol. The first-order valence-corrected chi connectivity index (χ1v) is 11.9. The fraction of sp³-hybridized carbons (Fsp3) is 0.280. The number of hydrogen-bond acceptors (Lipinski definition) is 7. The standard InChI is InChI=1S/C25H24Cl2FN5O2/c1-14(21-18(26)3-4-19(28)22(21)27)35-24-23-16(12-31-25(24)29)17(13-34-23)15-5-6-30-20(11-15)33-9-7-32(2)8-10-33/h3-6,11-14H,7-10H2,1-2H3,(H2,29,31). The summed E-state index contributed by atoms with van der Waals surface area (Å²) in [4.78, 5) is 13.5.